The Morgan fingerprint density at radius 1 is 0.967 bits per heavy atom. The van der Waals surface area contributed by atoms with Gasteiger partial charge in [-0.25, -0.2) is 0 Å². The molecule has 158 valence electrons. The van der Waals surface area contributed by atoms with Crippen LogP contribution in [0, 0.1) is 5.92 Å². The number of amides is 2. The highest BCUT2D eigenvalue weighted by atomic mass is 35.5. The van der Waals surface area contributed by atoms with E-state index in [0.29, 0.717) is 47.5 Å². The van der Waals surface area contributed by atoms with E-state index in [1.54, 1.807) is 29.2 Å². The Kier molecular flexibility index (Phi) is 6.49. The quantitative estimate of drug-likeness (QED) is 0.670. The average Bonchev–Trinajstić information content (AvgIpc) is 2.72. The molecule has 1 saturated carbocycles. The Bertz CT molecular complexity index is 938. The van der Waals surface area contributed by atoms with Crippen molar-refractivity contribution in [2.45, 2.75) is 25.9 Å². The molecule has 4 rings (SSSR count). The summed E-state index contributed by atoms with van der Waals surface area (Å²) in [5, 5.41) is 1.09. The van der Waals surface area contributed by atoms with Crippen LogP contribution in [-0.4, -0.2) is 47.8 Å². The molecule has 1 heterocycles. The van der Waals surface area contributed by atoms with Crippen LogP contribution in [-0.2, 0) is 11.4 Å². The minimum absolute atomic E-state index is 0.0800. The minimum Gasteiger partial charge on any atom is -0.488 e. The molecular weight excluding hydrogens is 423 g/mol. The van der Waals surface area contributed by atoms with Gasteiger partial charge in [0.15, 0.2) is 0 Å². The van der Waals surface area contributed by atoms with E-state index < -0.39 is 0 Å². The fourth-order valence-corrected chi connectivity index (χ4v) is 4.24. The van der Waals surface area contributed by atoms with Crippen molar-refractivity contribution < 1.29 is 14.3 Å². The van der Waals surface area contributed by atoms with Crippen LogP contribution in [0.15, 0.2) is 42.5 Å². The van der Waals surface area contributed by atoms with Gasteiger partial charge in [0.25, 0.3) is 5.91 Å². The van der Waals surface area contributed by atoms with Gasteiger partial charge in [-0.15, -0.1) is 0 Å². The van der Waals surface area contributed by atoms with Crippen molar-refractivity contribution in [3.63, 3.8) is 0 Å². The van der Waals surface area contributed by atoms with Crippen molar-refractivity contribution in [3.05, 3.63) is 63.6 Å². The van der Waals surface area contributed by atoms with Crippen molar-refractivity contribution in [1.29, 1.82) is 0 Å². The van der Waals surface area contributed by atoms with Gasteiger partial charge in [0.1, 0.15) is 12.4 Å². The van der Waals surface area contributed by atoms with E-state index >= 15 is 0 Å². The third-order valence-electron chi connectivity index (χ3n) is 5.85. The maximum absolute atomic E-state index is 13.1. The molecule has 2 aliphatic rings. The van der Waals surface area contributed by atoms with Crippen molar-refractivity contribution in [1.82, 2.24) is 9.80 Å². The standard InChI is InChI=1S/C23H24Cl2N2O3/c24-18-9-8-17(20(25)14-18)15-30-21-7-2-1-6-19(21)23(29)27-12-10-26(11-13-27)22(28)16-4-3-5-16/h1-2,6-9,14,16H,3-5,10-13,15H2. The summed E-state index contributed by atoms with van der Waals surface area (Å²) in [6.07, 6.45) is 3.15. The maximum atomic E-state index is 13.1. The predicted octanol–water partition coefficient (Wildman–Crippen LogP) is 4.66. The number of para-hydroxylation sites is 1. The normalized spacial score (nSPS) is 16.9. The molecule has 0 atom stereocenters. The van der Waals surface area contributed by atoms with Gasteiger partial charge in [-0.05, 0) is 37.1 Å². The second-order valence-corrected chi connectivity index (χ2v) is 8.61. The summed E-state index contributed by atoms with van der Waals surface area (Å²) in [6, 6.07) is 12.5. The zero-order valence-corrected chi connectivity index (χ0v) is 18.2. The molecule has 7 heteroatoms. The van der Waals surface area contributed by atoms with Crippen LogP contribution in [0.3, 0.4) is 0 Å². The average molecular weight is 447 g/mol. The van der Waals surface area contributed by atoms with E-state index in [1.807, 2.05) is 23.1 Å². The molecule has 0 radical (unpaired) electrons. The van der Waals surface area contributed by atoms with Crippen LogP contribution in [0.1, 0.15) is 35.2 Å². The number of halogens is 2. The van der Waals surface area contributed by atoms with Gasteiger partial charge in [0, 0.05) is 47.7 Å². The van der Waals surface area contributed by atoms with Crippen molar-refractivity contribution in [3.8, 4) is 5.75 Å². The molecule has 2 fully saturated rings. The number of piperazine rings is 1. The molecule has 0 aromatic heterocycles. The fourth-order valence-electron chi connectivity index (χ4n) is 3.78. The Morgan fingerprint density at radius 3 is 2.33 bits per heavy atom. The van der Waals surface area contributed by atoms with Crippen molar-refractivity contribution >= 4 is 35.0 Å². The Balaban J connectivity index is 1.39. The van der Waals surface area contributed by atoms with E-state index in [0.717, 1.165) is 24.8 Å². The molecule has 0 unspecified atom stereocenters. The highest BCUT2D eigenvalue weighted by molar-refractivity contribution is 6.35. The van der Waals surface area contributed by atoms with E-state index in [9.17, 15) is 9.59 Å². The molecule has 2 aromatic carbocycles. The van der Waals surface area contributed by atoms with Crippen LogP contribution in [0.5, 0.6) is 5.75 Å². The van der Waals surface area contributed by atoms with Crippen molar-refractivity contribution in [2.75, 3.05) is 26.2 Å². The predicted molar refractivity (Wildman–Crippen MR) is 117 cm³/mol. The molecule has 1 aliphatic carbocycles. The van der Waals surface area contributed by atoms with Gasteiger partial charge in [0.2, 0.25) is 5.91 Å². The summed E-state index contributed by atoms with van der Waals surface area (Å²) in [6.45, 7) is 2.49. The topological polar surface area (TPSA) is 49.9 Å². The molecule has 5 nitrogen and oxygen atoms in total. The maximum Gasteiger partial charge on any atom is 0.257 e. The smallest absolute Gasteiger partial charge is 0.257 e. The highest BCUT2D eigenvalue weighted by Gasteiger charge is 2.32. The third-order valence-corrected chi connectivity index (χ3v) is 6.44. The van der Waals surface area contributed by atoms with Crippen LogP contribution < -0.4 is 4.74 Å². The van der Waals surface area contributed by atoms with Gasteiger partial charge < -0.3 is 14.5 Å². The van der Waals surface area contributed by atoms with Crippen LogP contribution >= 0.6 is 23.2 Å². The number of nitrogens with zero attached hydrogens (tertiary/aromatic N) is 2. The van der Waals surface area contributed by atoms with Gasteiger partial charge in [0.05, 0.1) is 5.56 Å². The summed E-state index contributed by atoms with van der Waals surface area (Å²) < 4.78 is 5.93. The number of benzene rings is 2. The number of hydrogen-bond donors (Lipinski definition) is 0. The number of carbonyl (C=O) groups is 2. The highest BCUT2D eigenvalue weighted by Crippen LogP contribution is 2.29. The van der Waals surface area contributed by atoms with E-state index in [1.165, 1.54) is 0 Å². The number of rotatable bonds is 5. The zero-order chi connectivity index (χ0) is 21.1. The fraction of sp³-hybridized carbons (Fsp3) is 0.391. The van der Waals surface area contributed by atoms with Gasteiger partial charge in [-0.1, -0.05) is 47.8 Å². The number of hydrogen-bond acceptors (Lipinski definition) is 3. The van der Waals surface area contributed by atoms with E-state index in [2.05, 4.69) is 0 Å². The van der Waals surface area contributed by atoms with Gasteiger partial charge >= 0.3 is 0 Å². The Hall–Kier alpha value is -2.24. The summed E-state index contributed by atoms with van der Waals surface area (Å²) in [5.41, 5.74) is 1.31. The van der Waals surface area contributed by atoms with Gasteiger partial charge in [-0.2, -0.15) is 0 Å². The summed E-state index contributed by atoms with van der Waals surface area (Å²) in [5.74, 6) is 0.878. The molecule has 0 bridgehead atoms. The second kappa shape index (κ2) is 9.27. The molecular formula is C23H24Cl2N2O3. The summed E-state index contributed by atoms with van der Waals surface area (Å²) >= 11 is 12.2. The zero-order valence-electron chi connectivity index (χ0n) is 16.7. The lowest BCUT2D eigenvalue weighted by Crippen LogP contribution is -2.52. The summed E-state index contributed by atoms with van der Waals surface area (Å²) in [7, 11) is 0. The molecule has 1 aliphatic heterocycles. The number of ether oxygens (including phenoxy) is 1. The molecule has 2 aromatic rings. The third kappa shape index (κ3) is 4.57. The minimum atomic E-state index is -0.0800. The first-order valence-corrected chi connectivity index (χ1v) is 11.0. The Morgan fingerprint density at radius 2 is 1.67 bits per heavy atom. The Labute approximate surface area is 186 Å². The van der Waals surface area contributed by atoms with E-state index in [4.69, 9.17) is 27.9 Å². The SMILES string of the molecule is O=C(c1ccccc1OCc1ccc(Cl)cc1Cl)N1CCN(C(=O)C2CCC2)CC1. The molecule has 1 saturated heterocycles. The molecule has 0 N–H and O–H groups in total. The monoisotopic (exact) mass is 446 g/mol. The van der Waals surface area contributed by atoms with Crippen LogP contribution in [0.25, 0.3) is 0 Å². The van der Waals surface area contributed by atoms with Crippen molar-refractivity contribution in [2.24, 2.45) is 5.92 Å². The first-order chi connectivity index (χ1) is 14.5. The first kappa shape index (κ1) is 21.0. The number of carbonyl (C=O) groups excluding carboxylic acids is 2. The molecule has 0 spiro atoms. The largest absolute Gasteiger partial charge is 0.488 e. The second-order valence-electron chi connectivity index (χ2n) is 7.77. The summed E-state index contributed by atoms with van der Waals surface area (Å²) in [4.78, 5) is 29.2. The van der Waals surface area contributed by atoms with E-state index in [-0.39, 0.29) is 24.3 Å². The molecule has 30 heavy (non-hydrogen) atoms. The van der Waals surface area contributed by atoms with Crippen LogP contribution in [0.2, 0.25) is 10.0 Å². The lowest BCUT2D eigenvalue weighted by atomic mass is 9.84. The lowest BCUT2D eigenvalue weighted by molar-refractivity contribution is -0.139. The van der Waals surface area contributed by atoms with Gasteiger partial charge in [-0.3, -0.25) is 9.59 Å². The first-order valence-electron chi connectivity index (χ1n) is 10.3. The molecule has 2 amide bonds. The lowest BCUT2D eigenvalue weighted by Gasteiger charge is -2.38. The van der Waals surface area contributed by atoms with Crippen LogP contribution in [0.4, 0.5) is 0 Å².